The number of hydrogen-bond acceptors (Lipinski definition) is 4. The first-order valence-corrected chi connectivity index (χ1v) is 9.93. The van der Waals surface area contributed by atoms with Gasteiger partial charge in [0.2, 0.25) is 5.91 Å². The van der Waals surface area contributed by atoms with Gasteiger partial charge in [-0.25, -0.2) is 0 Å². The molecule has 1 aliphatic heterocycles. The Hall–Kier alpha value is -2.57. The first kappa shape index (κ1) is 21.1. The molecule has 8 heteroatoms. The number of ether oxygens (including phenoxy) is 1. The predicted molar refractivity (Wildman–Crippen MR) is 112 cm³/mol. The van der Waals surface area contributed by atoms with Gasteiger partial charge in [-0.1, -0.05) is 42.3 Å². The quantitative estimate of drug-likeness (QED) is 0.694. The minimum absolute atomic E-state index is 0.0583. The number of benzene rings is 2. The first-order chi connectivity index (χ1) is 13.9. The highest BCUT2D eigenvalue weighted by Crippen LogP contribution is 2.27. The van der Waals surface area contributed by atoms with Crippen LogP contribution in [0.25, 0.3) is 0 Å². The zero-order valence-electron chi connectivity index (χ0n) is 15.8. The molecule has 1 unspecified atom stereocenters. The third-order valence-corrected chi connectivity index (χ3v) is 5.40. The molecule has 3 rings (SSSR count). The Kier molecular flexibility index (Phi) is 6.77. The minimum atomic E-state index is -0.605. The van der Waals surface area contributed by atoms with Gasteiger partial charge in [0, 0.05) is 24.3 Å². The van der Waals surface area contributed by atoms with Crippen molar-refractivity contribution in [1.82, 2.24) is 0 Å². The molecule has 1 aliphatic rings. The van der Waals surface area contributed by atoms with Crippen LogP contribution in [0.1, 0.15) is 18.9 Å². The van der Waals surface area contributed by atoms with E-state index in [2.05, 4.69) is 12.2 Å². The molecular weight excluding hydrogens is 415 g/mol. The third-order valence-electron chi connectivity index (χ3n) is 4.66. The van der Waals surface area contributed by atoms with E-state index in [0.717, 1.165) is 12.1 Å². The van der Waals surface area contributed by atoms with Gasteiger partial charge in [0.25, 0.3) is 5.91 Å². The number of nitrogens with one attached hydrogen (secondary N) is 1. The Morgan fingerprint density at radius 3 is 2.52 bits per heavy atom. The molecule has 29 heavy (non-hydrogen) atoms. The van der Waals surface area contributed by atoms with Gasteiger partial charge >= 0.3 is 5.97 Å². The lowest BCUT2D eigenvalue weighted by atomic mass is 10.1. The number of amides is 2. The van der Waals surface area contributed by atoms with Crippen molar-refractivity contribution in [2.24, 2.45) is 5.92 Å². The first-order valence-electron chi connectivity index (χ1n) is 9.18. The third kappa shape index (κ3) is 5.28. The topological polar surface area (TPSA) is 75.7 Å². The monoisotopic (exact) mass is 434 g/mol. The fraction of sp³-hybridized carbons (Fsp3) is 0.286. The van der Waals surface area contributed by atoms with Crippen LogP contribution < -0.4 is 10.2 Å². The lowest BCUT2D eigenvalue weighted by molar-refractivity contribution is -0.151. The predicted octanol–water partition coefficient (Wildman–Crippen LogP) is 4.09. The normalized spacial score (nSPS) is 16.0. The lowest BCUT2D eigenvalue weighted by Crippen LogP contribution is -2.28. The SMILES string of the molecule is CCc1ccc(N2CC(C(=O)OCC(=O)Nc3ccc(Cl)c(Cl)c3)CC2=O)cc1. The highest BCUT2D eigenvalue weighted by atomic mass is 35.5. The number of nitrogens with zero attached hydrogens (tertiary/aromatic N) is 1. The minimum Gasteiger partial charge on any atom is -0.455 e. The van der Waals surface area contributed by atoms with Crippen LogP contribution in [0.4, 0.5) is 11.4 Å². The van der Waals surface area contributed by atoms with Crippen molar-refractivity contribution in [3.63, 3.8) is 0 Å². The maximum atomic E-state index is 12.3. The van der Waals surface area contributed by atoms with Crippen molar-refractivity contribution in [3.8, 4) is 0 Å². The van der Waals surface area contributed by atoms with E-state index in [1.165, 1.54) is 11.6 Å². The molecule has 0 bridgehead atoms. The van der Waals surface area contributed by atoms with Crippen LogP contribution in [0.15, 0.2) is 42.5 Å². The molecule has 0 aromatic heterocycles. The average molecular weight is 435 g/mol. The Balaban J connectivity index is 1.52. The van der Waals surface area contributed by atoms with Gasteiger partial charge in [0.05, 0.1) is 16.0 Å². The fourth-order valence-electron chi connectivity index (χ4n) is 3.05. The number of esters is 1. The van der Waals surface area contributed by atoms with E-state index in [0.29, 0.717) is 15.7 Å². The molecule has 152 valence electrons. The number of carbonyl (C=O) groups excluding carboxylic acids is 3. The molecule has 0 aliphatic carbocycles. The summed E-state index contributed by atoms with van der Waals surface area (Å²) >= 11 is 11.7. The van der Waals surface area contributed by atoms with Crippen molar-refractivity contribution in [2.45, 2.75) is 19.8 Å². The van der Waals surface area contributed by atoms with Gasteiger partial charge < -0.3 is 15.0 Å². The molecule has 0 saturated carbocycles. The summed E-state index contributed by atoms with van der Waals surface area (Å²) < 4.78 is 5.09. The van der Waals surface area contributed by atoms with E-state index in [1.54, 1.807) is 17.0 Å². The summed E-state index contributed by atoms with van der Waals surface area (Å²) in [5, 5.41) is 3.25. The molecule has 2 aromatic carbocycles. The Morgan fingerprint density at radius 1 is 1.14 bits per heavy atom. The summed E-state index contributed by atoms with van der Waals surface area (Å²) in [7, 11) is 0. The second kappa shape index (κ2) is 9.29. The van der Waals surface area contributed by atoms with Gasteiger partial charge in [-0.2, -0.15) is 0 Å². The van der Waals surface area contributed by atoms with Crippen LogP contribution in [0, 0.1) is 5.92 Å². The Labute approximate surface area is 178 Å². The highest BCUT2D eigenvalue weighted by molar-refractivity contribution is 6.42. The van der Waals surface area contributed by atoms with Crippen LogP contribution in [0.3, 0.4) is 0 Å². The molecule has 2 aromatic rings. The van der Waals surface area contributed by atoms with E-state index in [1.807, 2.05) is 24.3 Å². The molecule has 0 radical (unpaired) electrons. The number of carbonyl (C=O) groups is 3. The van der Waals surface area contributed by atoms with Crippen molar-refractivity contribution >= 4 is 52.4 Å². The summed E-state index contributed by atoms with van der Waals surface area (Å²) in [6.07, 6.45) is 0.968. The van der Waals surface area contributed by atoms with E-state index in [-0.39, 0.29) is 18.9 Å². The maximum absolute atomic E-state index is 12.3. The van der Waals surface area contributed by atoms with Gasteiger partial charge in [-0.3, -0.25) is 14.4 Å². The van der Waals surface area contributed by atoms with Crippen molar-refractivity contribution in [2.75, 3.05) is 23.4 Å². The fourth-order valence-corrected chi connectivity index (χ4v) is 3.35. The average Bonchev–Trinajstić information content (AvgIpc) is 3.11. The number of aryl methyl sites for hydroxylation is 1. The van der Waals surface area contributed by atoms with Crippen molar-refractivity contribution in [1.29, 1.82) is 0 Å². The smallest absolute Gasteiger partial charge is 0.311 e. The van der Waals surface area contributed by atoms with Crippen LogP contribution in [-0.4, -0.2) is 30.9 Å². The number of anilines is 2. The summed E-state index contributed by atoms with van der Waals surface area (Å²) in [5.74, 6) is -1.83. The van der Waals surface area contributed by atoms with E-state index in [9.17, 15) is 14.4 Å². The van der Waals surface area contributed by atoms with Gasteiger partial charge in [-0.15, -0.1) is 0 Å². The zero-order valence-corrected chi connectivity index (χ0v) is 17.3. The van der Waals surface area contributed by atoms with Crippen LogP contribution in [0.5, 0.6) is 0 Å². The van der Waals surface area contributed by atoms with Crippen molar-refractivity contribution < 1.29 is 19.1 Å². The van der Waals surface area contributed by atoms with Crippen molar-refractivity contribution in [3.05, 3.63) is 58.1 Å². The standard InChI is InChI=1S/C21H20Cl2N2O4/c1-2-13-3-6-16(7-4-13)25-11-14(9-20(25)27)21(28)29-12-19(26)24-15-5-8-17(22)18(23)10-15/h3-8,10,14H,2,9,11-12H2,1H3,(H,24,26). The second-order valence-corrected chi connectivity index (χ2v) is 7.52. The van der Waals surface area contributed by atoms with Crippen LogP contribution in [-0.2, 0) is 25.5 Å². The summed E-state index contributed by atoms with van der Waals surface area (Å²) in [4.78, 5) is 38.2. The second-order valence-electron chi connectivity index (χ2n) is 6.71. The summed E-state index contributed by atoms with van der Waals surface area (Å²) in [6.45, 7) is 1.84. The maximum Gasteiger partial charge on any atom is 0.311 e. The molecule has 2 amide bonds. The van der Waals surface area contributed by atoms with Crippen LogP contribution >= 0.6 is 23.2 Å². The molecular formula is C21H20Cl2N2O4. The lowest BCUT2D eigenvalue weighted by Gasteiger charge is -2.17. The van der Waals surface area contributed by atoms with Gasteiger partial charge in [-0.05, 0) is 42.3 Å². The molecule has 1 heterocycles. The molecule has 1 N–H and O–H groups in total. The number of halogens is 2. The summed E-state index contributed by atoms with van der Waals surface area (Å²) in [5.41, 5.74) is 2.36. The van der Waals surface area contributed by atoms with Gasteiger partial charge in [0.1, 0.15) is 0 Å². The Morgan fingerprint density at radius 2 is 1.86 bits per heavy atom. The molecule has 0 spiro atoms. The highest BCUT2D eigenvalue weighted by Gasteiger charge is 2.36. The molecule has 1 fully saturated rings. The Bertz CT molecular complexity index is 931. The summed E-state index contributed by atoms with van der Waals surface area (Å²) in [6, 6.07) is 12.3. The zero-order chi connectivity index (χ0) is 21.0. The molecule has 1 saturated heterocycles. The van der Waals surface area contributed by atoms with E-state index < -0.39 is 24.4 Å². The van der Waals surface area contributed by atoms with Crippen LogP contribution in [0.2, 0.25) is 10.0 Å². The van der Waals surface area contributed by atoms with E-state index >= 15 is 0 Å². The van der Waals surface area contributed by atoms with E-state index in [4.69, 9.17) is 27.9 Å². The molecule has 6 nitrogen and oxygen atoms in total. The molecule has 1 atom stereocenters. The number of rotatable bonds is 6. The van der Waals surface area contributed by atoms with Gasteiger partial charge in [0.15, 0.2) is 6.61 Å². The largest absolute Gasteiger partial charge is 0.455 e. The number of hydrogen-bond donors (Lipinski definition) is 1.